The van der Waals surface area contributed by atoms with E-state index < -0.39 is 0 Å². The highest BCUT2D eigenvalue weighted by atomic mass is 16.5. The van der Waals surface area contributed by atoms with E-state index in [2.05, 4.69) is 20.6 Å². The Morgan fingerprint density at radius 1 is 1.36 bits per heavy atom. The Hall–Kier alpha value is -2.96. The second-order valence-corrected chi connectivity index (χ2v) is 4.90. The Kier molecular flexibility index (Phi) is 3.69. The summed E-state index contributed by atoms with van der Waals surface area (Å²) in [7, 11) is 0. The van der Waals surface area contributed by atoms with Crippen molar-refractivity contribution in [3.63, 3.8) is 0 Å². The number of amides is 1. The van der Waals surface area contributed by atoms with Crippen LogP contribution in [0.3, 0.4) is 0 Å². The molecule has 0 atom stereocenters. The summed E-state index contributed by atoms with van der Waals surface area (Å²) in [4.78, 5) is 16.0. The summed E-state index contributed by atoms with van der Waals surface area (Å²) in [5.41, 5.74) is 2.81. The summed E-state index contributed by atoms with van der Waals surface area (Å²) < 4.78 is 6.85. The van der Waals surface area contributed by atoms with Crippen LogP contribution in [0.25, 0.3) is 0 Å². The number of carbonyl (C=O) groups is 1. The van der Waals surface area contributed by atoms with Gasteiger partial charge in [-0.2, -0.15) is 5.10 Å². The number of hydrogen-bond acceptors (Lipinski definition) is 5. The molecule has 1 amide bonds. The van der Waals surface area contributed by atoms with E-state index in [1.165, 1.54) is 0 Å². The average Bonchev–Trinajstić information content (AvgIpc) is 3.10. The summed E-state index contributed by atoms with van der Waals surface area (Å²) in [5.74, 6) is 0.504. The first-order chi connectivity index (χ1) is 10.6. The van der Waals surface area contributed by atoms with Crippen molar-refractivity contribution in [2.45, 2.75) is 20.4 Å². The predicted octanol–water partition coefficient (Wildman–Crippen LogP) is 2.18. The molecule has 3 heterocycles. The van der Waals surface area contributed by atoms with Crippen LogP contribution < -0.4 is 5.32 Å². The van der Waals surface area contributed by atoms with Crippen LogP contribution in [0.1, 0.15) is 27.5 Å². The summed E-state index contributed by atoms with van der Waals surface area (Å²) in [5, 5.41) is 10.9. The third-order valence-electron chi connectivity index (χ3n) is 3.29. The zero-order valence-electron chi connectivity index (χ0n) is 12.3. The molecule has 0 radical (unpaired) electrons. The molecule has 7 heteroatoms. The van der Waals surface area contributed by atoms with Crippen molar-refractivity contribution >= 4 is 11.6 Å². The minimum Gasteiger partial charge on any atom is -0.361 e. The van der Waals surface area contributed by atoms with Crippen LogP contribution in [0.15, 0.2) is 41.3 Å². The second-order valence-electron chi connectivity index (χ2n) is 4.90. The largest absolute Gasteiger partial charge is 0.361 e. The fourth-order valence-electron chi connectivity index (χ4n) is 2.10. The van der Waals surface area contributed by atoms with Crippen LogP contribution in [-0.4, -0.2) is 25.8 Å². The summed E-state index contributed by atoms with van der Waals surface area (Å²) in [6.07, 6.45) is 4.93. The molecular weight excluding hydrogens is 282 g/mol. The van der Waals surface area contributed by atoms with Gasteiger partial charge in [0.1, 0.15) is 11.5 Å². The lowest BCUT2D eigenvalue weighted by atomic mass is 10.2. The van der Waals surface area contributed by atoms with Gasteiger partial charge in [0.2, 0.25) is 0 Å². The SMILES string of the molecule is Cc1noc(C)c1Cn1cc(NC(=O)c2ccccn2)cn1. The Morgan fingerprint density at radius 3 is 2.91 bits per heavy atom. The lowest BCUT2D eigenvalue weighted by molar-refractivity contribution is 0.102. The highest BCUT2D eigenvalue weighted by Gasteiger charge is 2.12. The number of anilines is 1. The zero-order valence-corrected chi connectivity index (χ0v) is 12.3. The smallest absolute Gasteiger partial charge is 0.274 e. The van der Waals surface area contributed by atoms with E-state index in [0.29, 0.717) is 17.9 Å². The van der Waals surface area contributed by atoms with E-state index >= 15 is 0 Å². The predicted molar refractivity (Wildman–Crippen MR) is 79.5 cm³/mol. The van der Waals surface area contributed by atoms with Crippen LogP contribution in [0, 0.1) is 13.8 Å². The highest BCUT2D eigenvalue weighted by molar-refractivity contribution is 6.02. The van der Waals surface area contributed by atoms with Gasteiger partial charge in [-0.1, -0.05) is 11.2 Å². The van der Waals surface area contributed by atoms with Crippen LogP contribution >= 0.6 is 0 Å². The molecule has 0 saturated heterocycles. The zero-order chi connectivity index (χ0) is 15.5. The molecule has 0 saturated carbocycles. The molecule has 1 N–H and O–H groups in total. The minimum atomic E-state index is -0.266. The van der Waals surface area contributed by atoms with Gasteiger partial charge in [0.15, 0.2) is 0 Å². The Bertz CT molecular complexity index is 772. The van der Waals surface area contributed by atoms with E-state index in [0.717, 1.165) is 17.0 Å². The molecule has 0 unspecified atom stereocenters. The number of pyridine rings is 1. The highest BCUT2D eigenvalue weighted by Crippen LogP contribution is 2.15. The van der Waals surface area contributed by atoms with Crippen molar-refractivity contribution in [3.05, 3.63) is 59.5 Å². The van der Waals surface area contributed by atoms with Crippen molar-refractivity contribution < 1.29 is 9.32 Å². The van der Waals surface area contributed by atoms with E-state index in [-0.39, 0.29) is 5.91 Å². The number of nitrogens with one attached hydrogen (secondary N) is 1. The van der Waals surface area contributed by atoms with Crippen molar-refractivity contribution in [3.8, 4) is 0 Å². The number of rotatable bonds is 4. The molecule has 0 aliphatic carbocycles. The van der Waals surface area contributed by atoms with Gasteiger partial charge in [0.25, 0.3) is 5.91 Å². The molecule has 7 nitrogen and oxygen atoms in total. The third-order valence-corrected chi connectivity index (χ3v) is 3.29. The monoisotopic (exact) mass is 297 g/mol. The Morgan fingerprint density at radius 2 is 2.23 bits per heavy atom. The first-order valence-corrected chi connectivity index (χ1v) is 6.80. The molecule has 0 fully saturated rings. The molecule has 22 heavy (non-hydrogen) atoms. The molecule has 0 aromatic carbocycles. The topological polar surface area (TPSA) is 85.8 Å². The normalized spacial score (nSPS) is 10.6. The molecule has 112 valence electrons. The minimum absolute atomic E-state index is 0.266. The van der Waals surface area contributed by atoms with Crippen LogP contribution in [0.4, 0.5) is 5.69 Å². The quantitative estimate of drug-likeness (QED) is 0.797. The summed E-state index contributed by atoms with van der Waals surface area (Å²) >= 11 is 0. The van der Waals surface area contributed by atoms with Gasteiger partial charge < -0.3 is 9.84 Å². The second kappa shape index (κ2) is 5.80. The maximum absolute atomic E-state index is 12.0. The van der Waals surface area contributed by atoms with Gasteiger partial charge in [-0.25, -0.2) is 0 Å². The van der Waals surface area contributed by atoms with Crippen molar-refractivity contribution in [2.75, 3.05) is 5.32 Å². The van der Waals surface area contributed by atoms with E-state index in [9.17, 15) is 4.79 Å². The maximum Gasteiger partial charge on any atom is 0.274 e. The van der Waals surface area contributed by atoms with Crippen LogP contribution in [0.5, 0.6) is 0 Å². The van der Waals surface area contributed by atoms with Crippen molar-refractivity contribution in [1.82, 2.24) is 19.9 Å². The molecule has 0 aliphatic heterocycles. The average molecular weight is 297 g/mol. The molecule has 3 aromatic heterocycles. The Labute approximate surface area is 127 Å². The molecule has 0 aliphatic rings. The number of carbonyl (C=O) groups excluding carboxylic acids is 1. The molecule has 3 rings (SSSR count). The van der Waals surface area contributed by atoms with Crippen molar-refractivity contribution in [2.24, 2.45) is 0 Å². The van der Waals surface area contributed by atoms with E-state index in [1.807, 2.05) is 13.8 Å². The van der Waals surface area contributed by atoms with Gasteiger partial charge in [0, 0.05) is 18.0 Å². The standard InChI is InChI=1S/C15H15N5O2/c1-10-13(11(2)22-19-10)9-20-8-12(7-17-20)18-15(21)14-5-3-4-6-16-14/h3-8H,9H2,1-2H3,(H,18,21). The summed E-state index contributed by atoms with van der Waals surface area (Å²) in [6, 6.07) is 5.19. The third kappa shape index (κ3) is 2.88. The number of hydrogen-bond donors (Lipinski definition) is 1. The number of aromatic nitrogens is 4. The van der Waals surface area contributed by atoms with Gasteiger partial charge in [-0.3, -0.25) is 14.5 Å². The van der Waals surface area contributed by atoms with Crippen LogP contribution in [-0.2, 0) is 6.54 Å². The summed E-state index contributed by atoms with van der Waals surface area (Å²) in [6.45, 7) is 4.29. The van der Waals surface area contributed by atoms with Crippen molar-refractivity contribution in [1.29, 1.82) is 0 Å². The van der Waals surface area contributed by atoms with Gasteiger partial charge >= 0.3 is 0 Å². The lowest BCUT2D eigenvalue weighted by Gasteiger charge is -2.01. The number of nitrogens with zero attached hydrogens (tertiary/aromatic N) is 4. The van der Waals surface area contributed by atoms with Crippen LogP contribution in [0.2, 0.25) is 0 Å². The first-order valence-electron chi connectivity index (χ1n) is 6.80. The Balaban J connectivity index is 1.70. The van der Waals surface area contributed by atoms with E-state index in [1.54, 1.807) is 41.5 Å². The fraction of sp³-hybridized carbons (Fsp3) is 0.200. The fourth-order valence-corrected chi connectivity index (χ4v) is 2.10. The van der Waals surface area contributed by atoms with E-state index in [4.69, 9.17) is 4.52 Å². The molecule has 0 bridgehead atoms. The maximum atomic E-state index is 12.0. The first kappa shape index (κ1) is 14.0. The molecule has 3 aromatic rings. The van der Waals surface area contributed by atoms with Gasteiger partial charge in [-0.15, -0.1) is 0 Å². The molecule has 0 spiro atoms. The molecular formula is C15H15N5O2. The van der Waals surface area contributed by atoms with Gasteiger partial charge in [-0.05, 0) is 26.0 Å². The van der Waals surface area contributed by atoms with Gasteiger partial charge in [0.05, 0.1) is 24.1 Å². The number of aryl methyl sites for hydroxylation is 2. The lowest BCUT2D eigenvalue weighted by Crippen LogP contribution is -2.12.